The summed E-state index contributed by atoms with van der Waals surface area (Å²) in [6.45, 7) is 1.73. The van der Waals surface area contributed by atoms with Crippen molar-refractivity contribution >= 4 is 17.2 Å². The van der Waals surface area contributed by atoms with E-state index >= 15 is 0 Å². The van der Waals surface area contributed by atoms with E-state index in [4.69, 9.17) is 5.21 Å². The lowest BCUT2D eigenvalue weighted by Gasteiger charge is -2.07. The molecular weight excluding hydrogens is 344 g/mol. The van der Waals surface area contributed by atoms with Crippen LogP contribution in [0, 0.1) is 0 Å². The number of amides is 1. The molecule has 3 N–H and O–H groups in total. The smallest absolute Gasteiger partial charge is 0.284 e. The summed E-state index contributed by atoms with van der Waals surface area (Å²) >= 11 is 1.36. The Balaban J connectivity index is 1.56. The molecule has 3 rings (SSSR count). The Morgan fingerprint density at radius 1 is 1.19 bits per heavy atom. The first-order valence-corrected chi connectivity index (χ1v) is 9.44. The number of allylic oxidation sites excluding steroid dienone is 5. The van der Waals surface area contributed by atoms with Crippen LogP contribution in [0.25, 0.3) is 10.4 Å². The number of benzene rings is 1. The predicted octanol–water partition coefficient (Wildman–Crippen LogP) is 4.46. The van der Waals surface area contributed by atoms with Crippen molar-refractivity contribution in [3.05, 3.63) is 82.8 Å². The number of nitrogens with one attached hydrogen (secondary N) is 2. The maximum absolute atomic E-state index is 11.5. The molecular formula is C21H22N2O2S. The highest BCUT2D eigenvalue weighted by molar-refractivity contribution is 7.17. The first kappa shape index (κ1) is 18.3. The van der Waals surface area contributed by atoms with E-state index in [-0.39, 0.29) is 0 Å². The Kier molecular flexibility index (Phi) is 6.55. The Labute approximate surface area is 157 Å². The van der Waals surface area contributed by atoms with Crippen molar-refractivity contribution in [3.63, 3.8) is 0 Å². The summed E-state index contributed by atoms with van der Waals surface area (Å²) in [5.41, 5.74) is 5.29. The molecule has 1 aromatic heterocycles. The maximum Gasteiger partial charge on any atom is 0.284 e. The molecule has 134 valence electrons. The molecule has 0 saturated heterocycles. The fourth-order valence-corrected chi connectivity index (χ4v) is 3.65. The van der Waals surface area contributed by atoms with Gasteiger partial charge in [-0.1, -0.05) is 48.6 Å². The molecule has 5 heteroatoms. The molecule has 1 aliphatic rings. The summed E-state index contributed by atoms with van der Waals surface area (Å²) in [5, 5.41) is 12.2. The van der Waals surface area contributed by atoms with E-state index in [0.29, 0.717) is 4.88 Å². The van der Waals surface area contributed by atoms with E-state index in [1.165, 1.54) is 22.5 Å². The van der Waals surface area contributed by atoms with Gasteiger partial charge in [-0.15, -0.1) is 11.3 Å². The number of carbonyl (C=O) groups excluding carboxylic acids is 1. The minimum absolute atomic E-state index is 0.476. The van der Waals surface area contributed by atoms with E-state index in [2.05, 4.69) is 47.8 Å². The summed E-state index contributed by atoms with van der Waals surface area (Å²) in [6, 6.07) is 11.9. The molecule has 1 amide bonds. The minimum Gasteiger partial charge on any atom is -0.312 e. The molecule has 0 radical (unpaired) electrons. The number of thiophene rings is 1. The Morgan fingerprint density at radius 3 is 3.00 bits per heavy atom. The zero-order valence-corrected chi connectivity index (χ0v) is 15.3. The normalized spacial score (nSPS) is 13.3. The maximum atomic E-state index is 11.5. The summed E-state index contributed by atoms with van der Waals surface area (Å²) in [4.78, 5) is 13.0. The van der Waals surface area contributed by atoms with Crippen LogP contribution in [0.5, 0.6) is 0 Å². The third kappa shape index (κ3) is 5.02. The van der Waals surface area contributed by atoms with Gasteiger partial charge in [0.2, 0.25) is 0 Å². The zero-order chi connectivity index (χ0) is 18.2. The lowest BCUT2D eigenvalue weighted by atomic mass is 10.1. The van der Waals surface area contributed by atoms with Gasteiger partial charge in [0.05, 0.1) is 4.88 Å². The van der Waals surface area contributed by atoms with Crippen LogP contribution in [0.4, 0.5) is 0 Å². The fourth-order valence-electron chi connectivity index (χ4n) is 2.76. The zero-order valence-electron chi connectivity index (χ0n) is 14.4. The van der Waals surface area contributed by atoms with E-state index in [0.717, 1.165) is 36.4 Å². The van der Waals surface area contributed by atoms with Crippen LogP contribution in [0.3, 0.4) is 0 Å². The van der Waals surface area contributed by atoms with Crippen molar-refractivity contribution in [2.75, 3.05) is 6.54 Å². The van der Waals surface area contributed by atoms with E-state index in [1.54, 1.807) is 11.5 Å². The van der Waals surface area contributed by atoms with Crippen LogP contribution < -0.4 is 10.8 Å². The number of hydrogen-bond donors (Lipinski definition) is 3. The Hall–Kier alpha value is -2.47. The van der Waals surface area contributed by atoms with Crippen LogP contribution in [0.15, 0.2) is 72.4 Å². The van der Waals surface area contributed by atoms with Crippen molar-refractivity contribution < 1.29 is 10.0 Å². The molecule has 0 fully saturated rings. The van der Waals surface area contributed by atoms with Gasteiger partial charge in [-0.05, 0) is 54.3 Å². The monoisotopic (exact) mass is 366 g/mol. The number of rotatable bonds is 7. The van der Waals surface area contributed by atoms with Crippen molar-refractivity contribution in [3.8, 4) is 10.4 Å². The highest BCUT2D eigenvalue weighted by Gasteiger charge is 2.09. The van der Waals surface area contributed by atoms with Crippen LogP contribution in [0.2, 0.25) is 0 Å². The van der Waals surface area contributed by atoms with Gasteiger partial charge >= 0.3 is 0 Å². The molecule has 1 aliphatic carbocycles. The number of hydroxylamine groups is 1. The third-order valence-electron chi connectivity index (χ3n) is 4.11. The quantitative estimate of drug-likeness (QED) is 0.385. The lowest BCUT2D eigenvalue weighted by molar-refractivity contribution is 0.0711. The van der Waals surface area contributed by atoms with E-state index in [1.807, 2.05) is 18.2 Å². The van der Waals surface area contributed by atoms with Crippen LogP contribution >= 0.6 is 11.3 Å². The molecule has 0 spiro atoms. The van der Waals surface area contributed by atoms with Gasteiger partial charge in [0, 0.05) is 11.4 Å². The second-order valence-electron chi connectivity index (χ2n) is 6.04. The summed E-state index contributed by atoms with van der Waals surface area (Å²) in [5.74, 6) is -0.476. The summed E-state index contributed by atoms with van der Waals surface area (Å²) < 4.78 is 0. The Bertz CT molecular complexity index is 849. The van der Waals surface area contributed by atoms with Gasteiger partial charge in [0.1, 0.15) is 0 Å². The molecule has 26 heavy (non-hydrogen) atoms. The molecule has 4 nitrogen and oxygen atoms in total. The van der Waals surface area contributed by atoms with Crippen LogP contribution in [-0.2, 0) is 6.54 Å². The molecule has 1 heterocycles. The van der Waals surface area contributed by atoms with E-state index < -0.39 is 5.91 Å². The second kappa shape index (κ2) is 9.29. The van der Waals surface area contributed by atoms with Crippen molar-refractivity contribution in [2.24, 2.45) is 0 Å². The van der Waals surface area contributed by atoms with Crippen molar-refractivity contribution in [1.82, 2.24) is 10.8 Å². The van der Waals surface area contributed by atoms with Crippen molar-refractivity contribution in [1.29, 1.82) is 0 Å². The van der Waals surface area contributed by atoms with Gasteiger partial charge in [0.15, 0.2) is 0 Å². The van der Waals surface area contributed by atoms with Gasteiger partial charge < -0.3 is 5.32 Å². The Morgan fingerprint density at radius 2 is 2.12 bits per heavy atom. The molecule has 1 aromatic carbocycles. The van der Waals surface area contributed by atoms with Gasteiger partial charge in [-0.3, -0.25) is 10.0 Å². The van der Waals surface area contributed by atoms with Crippen LogP contribution in [0.1, 0.15) is 28.1 Å². The van der Waals surface area contributed by atoms with Crippen molar-refractivity contribution in [2.45, 2.75) is 19.4 Å². The lowest BCUT2D eigenvalue weighted by Crippen LogP contribution is -2.16. The topological polar surface area (TPSA) is 61.4 Å². The van der Waals surface area contributed by atoms with Gasteiger partial charge in [-0.2, -0.15) is 0 Å². The molecule has 0 aliphatic heterocycles. The SMILES string of the molecule is O=C(NO)c1ccc(-c2cccc(CNCCC3=CC=CCC=C3)c2)s1. The molecule has 0 unspecified atom stereocenters. The third-order valence-corrected chi connectivity index (χ3v) is 5.25. The first-order chi connectivity index (χ1) is 12.8. The van der Waals surface area contributed by atoms with Crippen LogP contribution in [-0.4, -0.2) is 17.7 Å². The highest BCUT2D eigenvalue weighted by Crippen LogP contribution is 2.28. The summed E-state index contributed by atoms with van der Waals surface area (Å²) in [7, 11) is 0. The number of hydrogen-bond acceptors (Lipinski definition) is 4. The molecule has 0 atom stereocenters. The predicted molar refractivity (Wildman–Crippen MR) is 106 cm³/mol. The van der Waals surface area contributed by atoms with Gasteiger partial charge in [-0.25, -0.2) is 5.48 Å². The number of carbonyl (C=O) groups is 1. The standard InChI is InChI=1S/C21H22N2O2S/c24-21(23-25)20-11-10-19(26-20)18-9-5-8-17(14-18)15-22-13-12-16-6-3-1-2-4-7-16/h1,3-11,14,22,25H,2,12-13,15H2,(H,23,24). The fraction of sp³-hybridized carbons (Fsp3) is 0.190. The molecule has 0 saturated carbocycles. The van der Waals surface area contributed by atoms with E-state index in [9.17, 15) is 4.79 Å². The minimum atomic E-state index is -0.476. The average Bonchev–Trinajstić information content (AvgIpc) is 3.03. The largest absolute Gasteiger partial charge is 0.312 e. The first-order valence-electron chi connectivity index (χ1n) is 8.63. The van der Waals surface area contributed by atoms with Gasteiger partial charge in [0.25, 0.3) is 5.91 Å². The molecule has 0 bridgehead atoms. The summed E-state index contributed by atoms with van der Waals surface area (Å²) in [6.07, 6.45) is 12.8. The second-order valence-corrected chi connectivity index (χ2v) is 7.12. The highest BCUT2D eigenvalue weighted by atomic mass is 32.1. The molecule has 2 aromatic rings. The average molecular weight is 366 g/mol.